The molecule has 1 atom stereocenters. The first-order chi connectivity index (χ1) is 8.09. The van der Waals surface area contributed by atoms with E-state index in [9.17, 15) is 14.0 Å². The first-order valence-corrected chi connectivity index (χ1v) is 5.30. The van der Waals surface area contributed by atoms with Crippen LogP contribution in [-0.2, 0) is 4.79 Å². The fraction of sp³-hybridized carbons (Fsp3) is 0.364. The zero-order valence-electron chi connectivity index (χ0n) is 9.31. The van der Waals surface area contributed by atoms with Gasteiger partial charge in [-0.3, -0.25) is 9.59 Å². The van der Waals surface area contributed by atoms with Crippen molar-refractivity contribution in [2.75, 3.05) is 13.1 Å². The van der Waals surface area contributed by atoms with Crippen LogP contribution in [0.2, 0.25) is 0 Å². The van der Waals surface area contributed by atoms with Crippen molar-refractivity contribution in [2.24, 2.45) is 0 Å². The Balaban J connectivity index is 2.22. The summed E-state index contributed by atoms with van der Waals surface area (Å²) in [6.07, 6.45) is 1.23. The molecule has 5 nitrogen and oxygen atoms in total. The minimum atomic E-state index is -0.704. The molecule has 6 heteroatoms. The van der Waals surface area contributed by atoms with Crippen molar-refractivity contribution in [3.63, 3.8) is 0 Å². The first kappa shape index (κ1) is 11.5. The van der Waals surface area contributed by atoms with Gasteiger partial charge in [-0.2, -0.15) is 4.39 Å². The third-order valence-electron chi connectivity index (χ3n) is 2.73. The minimum Gasteiger partial charge on any atom is -0.353 e. The summed E-state index contributed by atoms with van der Waals surface area (Å²) in [6.45, 7) is 2.49. The molecule has 0 radical (unpaired) electrons. The van der Waals surface area contributed by atoms with Gasteiger partial charge >= 0.3 is 0 Å². The Bertz CT molecular complexity index is 464. The molecule has 0 saturated carbocycles. The molecule has 2 rings (SSSR count). The molecule has 2 heterocycles. The van der Waals surface area contributed by atoms with Gasteiger partial charge in [0.1, 0.15) is 6.04 Å². The van der Waals surface area contributed by atoms with Gasteiger partial charge in [-0.15, -0.1) is 0 Å². The van der Waals surface area contributed by atoms with Gasteiger partial charge in [0.05, 0.1) is 0 Å². The van der Waals surface area contributed by atoms with Gasteiger partial charge in [0.15, 0.2) is 0 Å². The van der Waals surface area contributed by atoms with Crippen LogP contribution in [-0.4, -0.2) is 40.8 Å². The molecular weight excluding hydrogens is 225 g/mol. The van der Waals surface area contributed by atoms with Crippen molar-refractivity contribution >= 4 is 11.8 Å². The van der Waals surface area contributed by atoms with Crippen LogP contribution < -0.4 is 5.32 Å². The SMILES string of the molecule is CC1C(=O)NCCN1C(=O)c1ccnc(F)c1. The fourth-order valence-corrected chi connectivity index (χ4v) is 1.76. The standard InChI is InChI=1S/C11H12FN3O2/c1-7-10(16)14-4-5-15(7)11(17)8-2-3-13-9(12)6-8/h2-3,6-7H,4-5H2,1H3,(H,14,16). The molecule has 1 aromatic heterocycles. The van der Waals surface area contributed by atoms with Gasteiger partial charge in [-0.05, 0) is 13.0 Å². The van der Waals surface area contributed by atoms with E-state index < -0.39 is 12.0 Å². The number of piperazine rings is 1. The summed E-state index contributed by atoms with van der Waals surface area (Å²) in [5.41, 5.74) is 0.207. The molecule has 1 N–H and O–H groups in total. The third-order valence-corrected chi connectivity index (χ3v) is 2.73. The second-order valence-corrected chi connectivity index (χ2v) is 3.83. The molecule has 17 heavy (non-hydrogen) atoms. The lowest BCUT2D eigenvalue weighted by Crippen LogP contribution is -2.55. The number of amides is 2. The summed E-state index contributed by atoms with van der Waals surface area (Å²) in [7, 11) is 0. The third kappa shape index (κ3) is 2.25. The molecular formula is C11H12FN3O2. The highest BCUT2D eigenvalue weighted by molar-refractivity contribution is 5.97. The first-order valence-electron chi connectivity index (χ1n) is 5.30. The molecule has 0 aromatic carbocycles. The molecule has 1 unspecified atom stereocenters. The van der Waals surface area contributed by atoms with E-state index in [1.165, 1.54) is 17.2 Å². The predicted molar refractivity (Wildman–Crippen MR) is 57.7 cm³/mol. The van der Waals surface area contributed by atoms with E-state index in [0.717, 1.165) is 6.07 Å². The number of nitrogens with one attached hydrogen (secondary N) is 1. The maximum absolute atomic E-state index is 12.9. The summed E-state index contributed by atoms with van der Waals surface area (Å²) < 4.78 is 12.9. The van der Waals surface area contributed by atoms with Crippen molar-refractivity contribution in [1.29, 1.82) is 0 Å². The Hall–Kier alpha value is -1.98. The number of carbonyl (C=O) groups excluding carboxylic acids is 2. The summed E-state index contributed by atoms with van der Waals surface area (Å²) in [5.74, 6) is -1.25. The number of aromatic nitrogens is 1. The van der Waals surface area contributed by atoms with Crippen molar-refractivity contribution in [3.05, 3.63) is 29.8 Å². The minimum absolute atomic E-state index is 0.195. The molecule has 0 bridgehead atoms. The summed E-state index contributed by atoms with van der Waals surface area (Å²) in [6, 6.07) is 1.97. The lowest BCUT2D eigenvalue weighted by Gasteiger charge is -2.32. The van der Waals surface area contributed by atoms with Crippen molar-refractivity contribution < 1.29 is 14.0 Å². The molecule has 1 aliphatic heterocycles. The van der Waals surface area contributed by atoms with Crippen LogP contribution in [0.15, 0.2) is 18.3 Å². The molecule has 1 aliphatic rings. The largest absolute Gasteiger partial charge is 0.353 e. The number of rotatable bonds is 1. The number of hydrogen-bond donors (Lipinski definition) is 1. The molecule has 0 aliphatic carbocycles. The molecule has 2 amide bonds. The average molecular weight is 237 g/mol. The topological polar surface area (TPSA) is 62.3 Å². The van der Waals surface area contributed by atoms with Gasteiger partial charge in [0, 0.05) is 30.9 Å². The van der Waals surface area contributed by atoms with E-state index in [-0.39, 0.29) is 17.4 Å². The Morgan fingerprint density at radius 1 is 1.65 bits per heavy atom. The number of nitrogens with zero attached hydrogens (tertiary/aromatic N) is 2. The van der Waals surface area contributed by atoms with Crippen LogP contribution in [0.1, 0.15) is 17.3 Å². The highest BCUT2D eigenvalue weighted by atomic mass is 19.1. The van der Waals surface area contributed by atoms with Gasteiger partial charge in [-0.25, -0.2) is 4.98 Å². The zero-order valence-corrected chi connectivity index (χ0v) is 9.31. The van der Waals surface area contributed by atoms with Crippen LogP contribution in [0.25, 0.3) is 0 Å². The van der Waals surface area contributed by atoms with Gasteiger partial charge in [0.2, 0.25) is 11.9 Å². The van der Waals surface area contributed by atoms with E-state index >= 15 is 0 Å². The average Bonchev–Trinajstić information content (AvgIpc) is 2.32. The van der Waals surface area contributed by atoms with Gasteiger partial charge in [-0.1, -0.05) is 0 Å². The Kier molecular flexibility index (Phi) is 3.03. The van der Waals surface area contributed by atoms with Crippen LogP contribution in [0.3, 0.4) is 0 Å². The normalized spacial score (nSPS) is 20.0. The van der Waals surface area contributed by atoms with E-state index in [1.807, 2.05) is 0 Å². The van der Waals surface area contributed by atoms with Crippen molar-refractivity contribution in [2.45, 2.75) is 13.0 Å². The highest BCUT2D eigenvalue weighted by Crippen LogP contribution is 2.11. The Morgan fingerprint density at radius 3 is 3.12 bits per heavy atom. The van der Waals surface area contributed by atoms with Crippen molar-refractivity contribution in [1.82, 2.24) is 15.2 Å². The van der Waals surface area contributed by atoms with Crippen molar-refractivity contribution in [3.8, 4) is 0 Å². The summed E-state index contributed by atoms with van der Waals surface area (Å²) in [5, 5.41) is 2.66. The second kappa shape index (κ2) is 4.48. The fourth-order valence-electron chi connectivity index (χ4n) is 1.76. The smallest absolute Gasteiger partial charge is 0.254 e. The van der Waals surface area contributed by atoms with E-state index in [4.69, 9.17) is 0 Å². The van der Waals surface area contributed by atoms with Gasteiger partial charge < -0.3 is 10.2 Å². The number of pyridine rings is 1. The maximum atomic E-state index is 12.9. The van der Waals surface area contributed by atoms with Gasteiger partial charge in [0.25, 0.3) is 5.91 Å². The maximum Gasteiger partial charge on any atom is 0.254 e. The second-order valence-electron chi connectivity index (χ2n) is 3.83. The summed E-state index contributed by atoms with van der Waals surface area (Å²) in [4.78, 5) is 28.3. The van der Waals surface area contributed by atoms with E-state index in [1.54, 1.807) is 6.92 Å². The van der Waals surface area contributed by atoms with E-state index in [0.29, 0.717) is 13.1 Å². The highest BCUT2D eigenvalue weighted by Gasteiger charge is 2.29. The quantitative estimate of drug-likeness (QED) is 0.709. The predicted octanol–water partition coefficient (Wildman–Crippen LogP) is 0.181. The molecule has 90 valence electrons. The Morgan fingerprint density at radius 2 is 2.41 bits per heavy atom. The Labute approximate surface area is 97.6 Å². The number of carbonyl (C=O) groups is 2. The van der Waals surface area contributed by atoms with Crippen LogP contribution in [0.5, 0.6) is 0 Å². The number of hydrogen-bond acceptors (Lipinski definition) is 3. The molecule has 1 fully saturated rings. The lowest BCUT2D eigenvalue weighted by molar-refractivity contribution is -0.127. The zero-order chi connectivity index (χ0) is 12.4. The molecule has 0 spiro atoms. The van der Waals surface area contributed by atoms with Crippen LogP contribution >= 0.6 is 0 Å². The molecule has 1 aromatic rings. The van der Waals surface area contributed by atoms with Crippen LogP contribution in [0.4, 0.5) is 4.39 Å². The lowest BCUT2D eigenvalue weighted by atomic mass is 10.1. The van der Waals surface area contributed by atoms with Crippen LogP contribution in [0, 0.1) is 5.95 Å². The molecule has 1 saturated heterocycles. The monoisotopic (exact) mass is 237 g/mol. The van der Waals surface area contributed by atoms with E-state index in [2.05, 4.69) is 10.3 Å². The summed E-state index contributed by atoms with van der Waals surface area (Å²) >= 11 is 0. The number of halogens is 1.